The average molecular weight is 358 g/mol. The van der Waals surface area contributed by atoms with Crippen LogP contribution in [0.3, 0.4) is 0 Å². The van der Waals surface area contributed by atoms with Crippen LogP contribution in [0.25, 0.3) is 0 Å². The molecule has 1 aromatic heterocycles. The number of aromatic nitrogens is 1. The minimum absolute atomic E-state index is 0.0603. The number of aryl methyl sites for hydroxylation is 1. The van der Waals surface area contributed by atoms with E-state index >= 15 is 0 Å². The summed E-state index contributed by atoms with van der Waals surface area (Å²) in [6, 6.07) is 3.43. The van der Waals surface area contributed by atoms with Gasteiger partial charge in [-0.15, -0.1) is 11.3 Å². The van der Waals surface area contributed by atoms with Crippen molar-refractivity contribution >= 4 is 23.2 Å². The van der Waals surface area contributed by atoms with E-state index in [0.29, 0.717) is 10.7 Å². The van der Waals surface area contributed by atoms with Crippen molar-refractivity contribution in [3.05, 3.63) is 51.0 Å². The van der Waals surface area contributed by atoms with Gasteiger partial charge in [-0.3, -0.25) is 4.79 Å². The van der Waals surface area contributed by atoms with Crippen LogP contribution in [0.4, 0.5) is 13.2 Å². The van der Waals surface area contributed by atoms with E-state index in [0.717, 1.165) is 29.5 Å². The highest BCUT2D eigenvalue weighted by atomic mass is 32.1. The van der Waals surface area contributed by atoms with E-state index in [9.17, 15) is 22.8 Å². The Morgan fingerprint density at radius 1 is 1.33 bits per heavy atom. The summed E-state index contributed by atoms with van der Waals surface area (Å²) >= 11 is 0.915. The molecular formula is C15H13F3N2O3S. The lowest BCUT2D eigenvalue weighted by Gasteiger charge is -2.12. The van der Waals surface area contributed by atoms with E-state index in [2.05, 4.69) is 10.3 Å². The van der Waals surface area contributed by atoms with Gasteiger partial charge in [-0.05, 0) is 32.0 Å². The molecule has 0 aliphatic rings. The van der Waals surface area contributed by atoms with Crippen molar-refractivity contribution in [2.45, 2.75) is 26.1 Å². The van der Waals surface area contributed by atoms with Crippen LogP contribution in [0.1, 0.15) is 49.3 Å². The van der Waals surface area contributed by atoms with Crippen LogP contribution in [-0.2, 0) is 6.18 Å². The molecule has 0 bridgehead atoms. The number of carbonyl (C=O) groups excluding carboxylic acids is 1. The number of aromatic carboxylic acids is 1. The first kappa shape index (κ1) is 17.9. The molecule has 0 radical (unpaired) electrons. The fourth-order valence-electron chi connectivity index (χ4n) is 1.98. The second-order valence-corrected chi connectivity index (χ2v) is 6.08. The van der Waals surface area contributed by atoms with Crippen molar-refractivity contribution in [3.63, 3.8) is 0 Å². The highest BCUT2D eigenvalue weighted by Crippen LogP contribution is 2.30. The molecule has 0 spiro atoms. The number of rotatable bonds is 4. The van der Waals surface area contributed by atoms with Crippen LogP contribution in [0.15, 0.2) is 24.3 Å². The molecule has 1 amide bonds. The summed E-state index contributed by atoms with van der Waals surface area (Å²) in [6.45, 7) is 3.11. The van der Waals surface area contributed by atoms with Crippen molar-refractivity contribution in [2.75, 3.05) is 0 Å². The van der Waals surface area contributed by atoms with Gasteiger partial charge in [-0.25, -0.2) is 9.78 Å². The lowest BCUT2D eigenvalue weighted by atomic mass is 10.1. The molecule has 128 valence electrons. The second kappa shape index (κ2) is 6.60. The fraction of sp³-hybridized carbons (Fsp3) is 0.267. The van der Waals surface area contributed by atoms with E-state index in [1.807, 2.05) is 0 Å². The van der Waals surface area contributed by atoms with E-state index in [-0.39, 0.29) is 10.4 Å². The zero-order valence-corrected chi connectivity index (χ0v) is 13.5. The highest BCUT2D eigenvalue weighted by Gasteiger charge is 2.31. The predicted octanol–water partition coefficient (Wildman–Crippen LogP) is 3.66. The van der Waals surface area contributed by atoms with E-state index < -0.39 is 29.7 Å². The van der Waals surface area contributed by atoms with Gasteiger partial charge in [0.05, 0.1) is 17.3 Å². The molecule has 0 aliphatic carbocycles. The molecule has 1 unspecified atom stereocenters. The molecule has 2 aromatic rings. The molecule has 0 aliphatic heterocycles. The normalized spacial score (nSPS) is 12.7. The zero-order chi connectivity index (χ0) is 18.1. The van der Waals surface area contributed by atoms with E-state index in [4.69, 9.17) is 5.11 Å². The maximum absolute atomic E-state index is 12.7. The summed E-state index contributed by atoms with van der Waals surface area (Å²) in [7, 11) is 0. The molecule has 24 heavy (non-hydrogen) atoms. The molecule has 0 saturated carbocycles. The van der Waals surface area contributed by atoms with Crippen LogP contribution in [0, 0.1) is 6.92 Å². The van der Waals surface area contributed by atoms with Crippen LogP contribution in [0.2, 0.25) is 0 Å². The first-order valence-corrected chi connectivity index (χ1v) is 7.60. The third-order valence-electron chi connectivity index (χ3n) is 3.18. The summed E-state index contributed by atoms with van der Waals surface area (Å²) in [6.07, 6.45) is -4.54. The Morgan fingerprint density at radius 2 is 2.00 bits per heavy atom. The lowest BCUT2D eigenvalue weighted by Crippen LogP contribution is -2.26. The number of thiazole rings is 1. The van der Waals surface area contributed by atoms with Gasteiger partial charge < -0.3 is 10.4 Å². The molecule has 1 heterocycles. The molecule has 0 saturated heterocycles. The summed E-state index contributed by atoms with van der Waals surface area (Å²) in [5.41, 5.74) is -0.730. The molecule has 2 N–H and O–H groups in total. The minimum atomic E-state index is -4.54. The molecule has 1 atom stereocenters. The second-order valence-electron chi connectivity index (χ2n) is 5.05. The Kier molecular flexibility index (Phi) is 4.93. The standard InChI is InChI=1S/C15H13F3N2O3S/c1-7-11(14(22)23)24-13(20-7)8(2)19-12(21)9-4-3-5-10(6-9)15(16,17)18/h3-6,8H,1-2H3,(H,19,21)(H,22,23). The number of alkyl halides is 3. The number of amides is 1. The summed E-state index contributed by atoms with van der Waals surface area (Å²) in [4.78, 5) is 27.3. The van der Waals surface area contributed by atoms with Gasteiger partial charge in [0.25, 0.3) is 5.91 Å². The monoisotopic (exact) mass is 358 g/mol. The Hall–Kier alpha value is -2.42. The molecular weight excluding hydrogens is 345 g/mol. The fourth-order valence-corrected chi connectivity index (χ4v) is 2.89. The maximum atomic E-state index is 12.7. The topological polar surface area (TPSA) is 79.3 Å². The third-order valence-corrected chi connectivity index (χ3v) is 4.51. The average Bonchev–Trinajstić information content (AvgIpc) is 2.88. The number of carboxylic acid groups (broad SMARTS) is 1. The summed E-state index contributed by atoms with van der Waals surface area (Å²) < 4.78 is 38.1. The van der Waals surface area contributed by atoms with Gasteiger partial charge in [-0.2, -0.15) is 13.2 Å². The van der Waals surface area contributed by atoms with Crippen molar-refractivity contribution < 1.29 is 27.9 Å². The van der Waals surface area contributed by atoms with Gasteiger partial charge in [-0.1, -0.05) is 6.07 Å². The summed E-state index contributed by atoms with van der Waals surface area (Å²) in [5, 5.41) is 11.9. The van der Waals surface area contributed by atoms with Gasteiger partial charge >= 0.3 is 12.1 Å². The molecule has 1 aromatic carbocycles. The van der Waals surface area contributed by atoms with Crippen molar-refractivity contribution in [2.24, 2.45) is 0 Å². The Labute approximate surface area is 139 Å². The largest absolute Gasteiger partial charge is 0.477 e. The first-order valence-electron chi connectivity index (χ1n) is 6.78. The molecule has 2 rings (SSSR count). The van der Waals surface area contributed by atoms with Crippen LogP contribution in [0.5, 0.6) is 0 Å². The Bertz CT molecular complexity index is 787. The number of carbonyl (C=O) groups is 2. The van der Waals surface area contributed by atoms with Gasteiger partial charge in [0.15, 0.2) is 0 Å². The zero-order valence-electron chi connectivity index (χ0n) is 12.6. The number of nitrogens with zero attached hydrogens (tertiary/aromatic N) is 1. The number of carboxylic acids is 1. The first-order chi connectivity index (χ1) is 11.1. The van der Waals surface area contributed by atoms with Crippen molar-refractivity contribution in [1.29, 1.82) is 0 Å². The SMILES string of the molecule is Cc1nc(C(C)NC(=O)c2cccc(C(F)(F)F)c2)sc1C(=O)O. The molecule has 5 nitrogen and oxygen atoms in total. The smallest absolute Gasteiger partial charge is 0.416 e. The Balaban J connectivity index is 2.17. The van der Waals surface area contributed by atoms with Crippen molar-refractivity contribution in [1.82, 2.24) is 10.3 Å². The third kappa shape index (κ3) is 3.91. The van der Waals surface area contributed by atoms with Crippen LogP contribution >= 0.6 is 11.3 Å². The quantitative estimate of drug-likeness (QED) is 0.874. The van der Waals surface area contributed by atoms with Gasteiger partial charge in [0.2, 0.25) is 0 Å². The summed E-state index contributed by atoms with van der Waals surface area (Å²) in [5.74, 6) is -1.81. The lowest BCUT2D eigenvalue weighted by molar-refractivity contribution is -0.137. The number of nitrogens with one attached hydrogen (secondary N) is 1. The maximum Gasteiger partial charge on any atom is 0.416 e. The van der Waals surface area contributed by atoms with Crippen molar-refractivity contribution in [3.8, 4) is 0 Å². The van der Waals surface area contributed by atoms with E-state index in [1.54, 1.807) is 6.92 Å². The van der Waals surface area contributed by atoms with Gasteiger partial charge in [0, 0.05) is 5.56 Å². The molecule has 0 fully saturated rings. The van der Waals surface area contributed by atoms with Crippen LogP contribution in [-0.4, -0.2) is 22.0 Å². The number of benzene rings is 1. The number of halogens is 3. The van der Waals surface area contributed by atoms with E-state index in [1.165, 1.54) is 13.0 Å². The highest BCUT2D eigenvalue weighted by molar-refractivity contribution is 7.13. The molecule has 9 heteroatoms. The van der Waals surface area contributed by atoms with Crippen LogP contribution < -0.4 is 5.32 Å². The number of hydrogen-bond donors (Lipinski definition) is 2. The Morgan fingerprint density at radius 3 is 2.54 bits per heavy atom. The number of hydrogen-bond acceptors (Lipinski definition) is 4. The minimum Gasteiger partial charge on any atom is -0.477 e. The van der Waals surface area contributed by atoms with Gasteiger partial charge in [0.1, 0.15) is 9.88 Å². The predicted molar refractivity (Wildman–Crippen MR) is 81.1 cm³/mol.